The van der Waals surface area contributed by atoms with E-state index in [9.17, 15) is 14.0 Å². The van der Waals surface area contributed by atoms with Crippen LogP contribution in [0.4, 0.5) is 4.39 Å². The standard InChI is InChI=1S/C12H13BrFNO4/c13-8-1-2-9(14)7(5-8)3-4-15-10(12(18)19)6-11(16)17/h1-2,5,10,15H,3-4,6H2,(H,16,17)(H,18,19). The molecule has 0 saturated carbocycles. The maximum atomic E-state index is 13.4. The molecule has 0 bridgehead atoms. The highest BCUT2D eigenvalue weighted by atomic mass is 79.9. The molecule has 3 N–H and O–H groups in total. The van der Waals surface area contributed by atoms with Crippen molar-refractivity contribution in [3.8, 4) is 0 Å². The van der Waals surface area contributed by atoms with Gasteiger partial charge in [0.25, 0.3) is 0 Å². The summed E-state index contributed by atoms with van der Waals surface area (Å²) in [4.78, 5) is 21.3. The van der Waals surface area contributed by atoms with E-state index in [-0.39, 0.29) is 18.8 Å². The highest BCUT2D eigenvalue weighted by Gasteiger charge is 2.20. The molecule has 0 spiro atoms. The fraction of sp³-hybridized carbons (Fsp3) is 0.333. The number of carbonyl (C=O) groups is 2. The summed E-state index contributed by atoms with van der Waals surface area (Å²) in [6, 6.07) is 3.30. The fourth-order valence-electron chi connectivity index (χ4n) is 1.54. The van der Waals surface area contributed by atoms with Gasteiger partial charge in [0.1, 0.15) is 11.9 Å². The van der Waals surface area contributed by atoms with Crippen LogP contribution in [0.25, 0.3) is 0 Å². The second-order valence-corrected chi connectivity index (χ2v) is 4.84. The molecule has 0 aliphatic carbocycles. The molecule has 0 aliphatic heterocycles. The topological polar surface area (TPSA) is 86.6 Å². The SMILES string of the molecule is O=C(O)CC(NCCc1cc(Br)ccc1F)C(=O)O. The van der Waals surface area contributed by atoms with Gasteiger partial charge < -0.3 is 15.5 Å². The van der Waals surface area contributed by atoms with Gasteiger partial charge in [0, 0.05) is 11.0 Å². The van der Waals surface area contributed by atoms with Crippen LogP contribution in [0.15, 0.2) is 22.7 Å². The van der Waals surface area contributed by atoms with Crippen molar-refractivity contribution in [1.29, 1.82) is 0 Å². The van der Waals surface area contributed by atoms with Gasteiger partial charge in [-0.05, 0) is 30.2 Å². The van der Waals surface area contributed by atoms with Crippen LogP contribution in [0.2, 0.25) is 0 Å². The Morgan fingerprint density at radius 3 is 2.63 bits per heavy atom. The lowest BCUT2D eigenvalue weighted by molar-refractivity contribution is -0.145. The molecule has 5 nitrogen and oxygen atoms in total. The number of carboxylic acids is 2. The number of benzene rings is 1. The summed E-state index contributed by atoms with van der Waals surface area (Å²) in [6.07, 6.45) is -0.245. The predicted octanol–water partition coefficient (Wildman–Crippen LogP) is 1.65. The fourth-order valence-corrected chi connectivity index (χ4v) is 1.95. The van der Waals surface area contributed by atoms with Crippen LogP contribution in [0.5, 0.6) is 0 Å². The van der Waals surface area contributed by atoms with Gasteiger partial charge in [0.05, 0.1) is 6.42 Å². The Morgan fingerprint density at radius 2 is 2.05 bits per heavy atom. The van der Waals surface area contributed by atoms with E-state index in [1.807, 2.05) is 0 Å². The molecule has 0 fully saturated rings. The van der Waals surface area contributed by atoms with Crippen LogP contribution < -0.4 is 5.32 Å². The normalized spacial score (nSPS) is 12.1. The average molecular weight is 334 g/mol. The first kappa shape index (κ1) is 15.6. The molecule has 7 heteroatoms. The minimum Gasteiger partial charge on any atom is -0.481 e. The van der Waals surface area contributed by atoms with Gasteiger partial charge in [0.2, 0.25) is 0 Å². The third kappa shape index (κ3) is 5.35. The zero-order valence-corrected chi connectivity index (χ0v) is 11.5. The quantitative estimate of drug-likeness (QED) is 0.706. The van der Waals surface area contributed by atoms with E-state index < -0.39 is 24.4 Å². The van der Waals surface area contributed by atoms with Gasteiger partial charge in [-0.25, -0.2) is 4.39 Å². The second-order valence-electron chi connectivity index (χ2n) is 3.93. The monoisotopic (exact) mass is 333 g/mol. The summed E-state index contributed by atoms with van der Waals surface area (Å²) < 4.78 is 14.1. The first-order chi connectivity index (χ1) is 8.90. The molecular weight excluding hydrogens is 321 g/mol. The van der Waals surface area contributed by atoms with Crippen molar-refractivity contribution in [2.45, 2.75) is 18.9 Å². The molecule has 104 valence electrons. The highest BCUT2D eigenvalue weighted by molar-refractivity contribution is 9.10. The van der Waals surface area contributed by atoms with Gasteiger partial charge in [-0.1, -0.05) is 15.9 Å². The van der Waals surface area contributed by atoms with Crippen LogP contribution in [0.3, 0.4) is 0 Å². The van der Waals surface area contributed by atoms with Crippen molar-refractivity contribution in [2.75, 3.05) is 6.54 Å². The van der Waals surface area contributed by atoms with Gasteiger partial charge in [-0.2, -0.15) is 0 Å². The predicted molar refractivity (Wildman–Crippen MR) is 69.5 cm³/mol. The molecule has 1 aromatic carbocycles. The average Bonchev–Trinajstić information content (AvgIpc) is 2.31. The van der Waals surface area contributed by atoms with E-state index in [2.05, 4.69) is 21.2 Å². The van der Waals surface area contributed by atoms with Crippen LogP contribution >= 0.6 is 15.9 Å². The minimum absolute atomic E-state index is 0.178. The highest BCUT2D eigenvalue weighted by Crippen LogP contribution is 2.15. The molecule has 1 unspecified atom stereocenters. The van der Waals surface area contributed by atoms with Crippen molar-refractivity contribution >= 4 is 27.9 Å². The Balaban J connectivity index is 2.54. The molecule has 1 atom stereocenters. The minimum atomic E-state index is -1.24. The second kappa shape index (κ2) is 7.20. The molecule has 1 aromatic rings. The Bertz CT molecular complexity index is 481. The summed E-state index contributed by atoms with van der Waals surface area (Å²) in [7, 11) is 0. The van der Waals surface area contributed by atoms with Crippen molar-refractivity contribution < 1.29 is 24.2 Å². The van der Waals surface area contributed by atoms with E-state index in [0.29, 0.717) is 5.56 Å². The largest absolute Gasteiger partial charge is 0.481 e. The number of hydrogen-bond donors (Lipinski definition) is 3. The molecule has 1 rings (SSSR count). The molecule has 0 saturated heterocycles. The number of carboxylic acid groups (broad SMARTS) is 2. The number of halogens is 2. The summed E-state index contributed by atoms with van der Waals surface area (Å²) in [5.74, 6) is -2.82. The first-order valence-corrected chi connectivity index (χ1v) is 6.31. The zero-order valence-electron chi connectivity index (χ0n) is 9.90. The van der Waals surface area contributed by atoms with Crippen LogP contribution in [0.1, 0.15) is 12.0 Å². The lowest BCUT2D eigenvalue weighted by Gasteiger charge is -2.12. The maximum absolute atomic E-state index is 13.4. The lowest BCUT2D eigenvalue weighted by Crippen LogP contribution is -2.39. The third-order valence-electron chi connectivity index (χ3n) is 2.47. The molecule has 0 aromatic heterocycles. The van der Waals surface area contributed by atoms with Gasteiger partial charge in [0.15, 0.2) is 0 Å². The van der Waals surface area contributed by atoms with Gasteiger partial charge in [-0.15, -0.1) is 0 Å². The summed E-state index contributed by atoms with van der Waals surface area (Å²) in [6.45, 7) is 0.178. The molecular formula is C12H13BrFNO4. The third-order valence-corrected chi connectivity index (χ3v) is 2.96. The molecule has 19 heavy (non-hydrogen) atoms. The van der Waals surface area contributed by atoms with E-state index >= 15 is 0 Å². The Labute approximate surface area is 117 Å². The molecule has 0 radical (unpaired) electrons. The van der Waals surface area contributed by atoms with Crippen molar-refractivity contribution in [3.63, 3.8) is 0 Å². The summed E-state index contributed by atoms with van der Waals surface area (Å²) >= 11 is 3.21. The maximum Gasteiger partial charge on any atom is 0.321 e. The molecule has 0 amide bonds. The Kier molecular flexibility index (Phi) is 5.91. The zero-order chi connectivity index (χ0) is 14.4. The number of nitrogens with one attached hydrogen (secondary N) is 1. The number of rotatable bonds is 7. The summed E-state index contributed by atoms with van der Waals surface area (Å²) in [5, 5.41) is 20.0. The van der Waals surface area contributed by atoms with Crippen molar-refractivity contribution in [3.05, 3.63) is 34.1 Å². The number of hydrogen-bond acceptors (Lipinski definition) is 3. The summed E-state index contributed by atoms with van der Waals surface area (Å²) in [5.41, 5.74) is 0.432. The molecule has 0 heterocycles. The van der Waals surface area contributed by atoms with Gasteiger partial charge >= 0.3 is 11.9 Å². The van der Waals surface area contributed by atoms with E-state index in [0.717, 1.165) is 4.47 Å². The number of aliphatic carboxylic acids is 2. The smallest absolute Gasteiger partial charge is 0.321 e. The lowest BCUT2D eigenvalue weighted by atomic mass is 10.1. The van der Waals surface area contributed by atoms with Crippen molar-refractivity contribution in [1.82, 2.24) is 5.32 Å². The Hall–Kier alpha value is -1.47. The molecule has 0 aliphatic rings. The first-order valence-electron chi connectivity index (χ1n) is 5.52. The van der Waals surface area contributed by atoms with E-state index in [4.69, 9.17) is 10.2 Å². The van der Waals surface area contributed by atoms with E-state index in [1.54, 1.807) is 12.1 Å². The van der Waals surface area contributed by atoms with Crippen LogP contribution in [-0.2, 0) is 16.0 Å². The van der Waals surface area contributed by atoms with Crippen LogP contribution in [0, 0.1) is 5.82 Å². The Morgan fingerprint density at radius 1 is 1.37 bits per heavy atom. The van der Waals surface area contributed by atoms with Gasteiger partial charge in [-0.3, -0.25) is 9.59 Å². The van der Waals surface area contributed by atoms with Crippen molar-refractivity contribution in [2.24, 2.45) is 0 Å². The van der Waals surface area contributed by atoms with E-state index in [1.165, 1.54) is 6.07 Å². The van der Waals surface area contributed by atoms with Crippen LogP contribution in [-0.4, -0.2) is 34.7 Å².